The van der Waals surface area contributed by atoms with Crippen molar-refractivity contribution in [1.82, 2.24) is 9.97 Å². The van der Waals surface area contributed by atoms with Crippen LogP contribution >= 0.6 is 11.6 Å². The van der Waals surface area contributed by atoms with Crippen molar-refractivity contribution in [2.45, 2.75) is 6.92 Å². The normalized spacial score (nSPS) is 10.5. The van der Waals surface area contributed by atoms with Crippen molar-refractivity contribution in [3.63, 3.8) is 0 Å². The number of nitrogens with one attached hydrogen (secondary N) is 2. The Morgan fingerprint density at radius 3 is 2.77 bits per heavy atom. The van der Waals surface area contributed by atoms with Gasteiger partial charge in [0, 0.05) is 18.1 Å². The molecule has 0 unspecified atom stereocenters. The highest BCUT2D eigenvalue weighted by atomic mass is 35.5. The third kappa shape index (κ3) is 4.17. The van der Waals surface area contributed by atoms with Gasteiger partial charge < -0.3 is 10.6 Å². The molecular weight excluding hydrogens is 300 g/mol. The van der Waals surface area contributed by atoms with Crippen molar-refractivity contribution in [3.8, 4) is 0 Å². The van der Waals surface area contributed by atoms with E-state index in [4.69, 9.17) is 11.6 Å². The van der Waals surface area contributed by atoms with Crippen LogP contribution in [0.2, 0.25) is 5.02 Å². The van der Waals surface area contributed by atoms with E-state index in [-0.39, 0.29) is 11.6 Å². The number of carbonyl (C=O) groups excluding carboxylic acids is 1. The molecular formula is C16H15ClN4O. The molecule has 0 saturated heterocycles. The molecule has 0 atom stereocenters. The minimum absolute atomic E-state index is 0.255. The molecule has 2 aromatic rings. The summed E-state index contributed by atoms with van der Waals surface area (Å²) in [7, 11) is 0. The number of nitrogens with zero attached hydrogens (tertiary/aromatic N) is 2. The van der Waals surface area contributed by atoms with Crippen LogP contribution in [0.15, 0.2) is 61.1 Å². The minimum Gasteiger partial charge on any atom is -0.354 e. The van der Waals surface area contributed by atoms with Crippen molar-refractivity contribution >= 4 is 29.0 Å². The highest BCUT2D eigenvalue weighted by Gasteiger charge is 2.13. The SMILES string of the molecule is C=C(/C=C/C)Nc1cccnc1C(=O)Nc1ccc(Cl)cn1. The lowest BCUT2D eigenvalue weighted by molar-refractivity contribution is 0.102. The zero-order chi connectivity index (χ0) is 15.9. The Kier molecular flexibility index (Phi) is 5.27. The van der Waals surface area contributed by atoms with Gasteiger partial charge in [-0.15, -0.1) is 0 Å². The molecule has 2 rings (SSSR count). The summed E-state index contributed by atoms with van der Waals surface area (Å²) in [4.78, 5) is 20.5. The number of aromatic nitrogens is 2. The smallest absolute Gasteiger partial charge is 0.277 e. The number of hydrogen-bond donors (Lipinski definition) is 2. The molecule has 0 saturated carbocycles. The van der Waals surface area contributed by atoms with E-state index in [0.29, 0.717) is 22.2 Å². The first-order valence-electron chi connectivity index (χ1n) is 6.56. The molecule has 0 aliphatic carbocycles. The number of amides is 1. The molecule has 6 heteroatoms. The van der Waals surface area contributed by atoms with E-state index in [1.165, 1.54) is 6.20 Å². The van der Waals surface area contributed by atoms with Crippen molar-refractivity contribution in [2.75, 3.05) is 10.6 Å². The van der Waals surface area contributed by atoms with Crippen molar-refractivity contribution in [3.05, 3.63) is 71.8 Å². The molecule has 2 aromatic heterocycles. The van der Waals surface area contributed by atoms with Crippen LogP contribution in [0.5, 0.6) is 0 Å². The van der Waals surface area contributed by atoms with Crippen LogP contribution in [0.1, 0.15) is 17.4 Å². The summed E-state index contributed by atoms with van der Waals surface area (Å²) in [5.41, 5.74) is 1.48. The van der Waals surface area contributed by atoms with E-state index in [1.807, 2.05) is 13.0 Å². The van der Waals surface area contributed by atoms with Crippen LogP contribution in [0.25, 0.3) is 0 Å². The number of allylic oxidation sites excluding steroid dienone is 2. The molecule has 1 amide bonds. The van der Waals surface area contributed by atoms with Gasteiger partial charge in [0.2, 0.25) is 0 Å². The number of halogens is 1. The second-order valence-corrected chi connectivity index (χ2v) is 4.80. The zero-order valence-electron chi connectivity index (χ0n) is 12.0. The Balaban J connectivity index is 2.18. The van der Waals surface area contributed by atoms with Crippen LogP contribution in [0.3, 0.4) is 0 Å². The van der Waals surface area contributed by atoms with Crippen LogP contribution in [-0.4, -0.2) is 15.9 Å². The lowest BCUT2D eigenvalue weighted by atomic mass is 10.2. The van der Waals surface area contributed by atoms with Gasteiger partial charge in [-0.25, -0.2) is 9.97 Å². The van der Waals surface area contributed by atoms with Crippen molar-refractivity contribution in [1.29, 1.82) is 0 Å². The second-order valence-electron chi connectivity index (χ2n) is 4.37. The number of hydrogen-bond acceptors (Lipinski definition) is 4. The summed E-state index contributed by atoms with van der Waals surface area (Å²) >= 11 is 5.76. The Bertz CT molecular complexity index is 710. The van der Waals surface area contributed by atoms with Crippen LogP contribution in [0.4, 0.5) is 11.5 Å². The number of anilines is 2. The molecule has 112 valence electrons. The van der Waals surface area contributed by atoms with E-state index in [2.05, 4.69) is 27.2 Å². The first-order chi connectivity index (χ1) is 10.6. The van der Waals surface area contributed by atoms with E-state index in [9.17, 15) is 4.79 Å². The quantitative estimate of drug-likeness (QED) is 0.822. The van der Waals surface area contributed by atoms with Gasteiger partial charge in [-0.3, -0.25) is 4.79 Å². The standard InChI is InChI=1S/C16H15ClN4O/c1-3-5-11(2)20-13-6-4-9-18-15(13)16(22)21-14-8-7-12(17)10-19-14/h3-10,20H,2H2,1H3,(H,19,21,22)/b5-3+. The lowest BCUT2D eigenvalue weighted by Crippen LogP contribution is -2.16. The van der Waals surface area contributed by atoms with E-state index in [0.717, 1.165) is 0 Å². The van der Waals surface area contributed by atoms with Gasteiger partial charge in [0.15, 0.2) is 5.69 Å². The fraction of sp³-hybridized carbons (Fsp3) is 0.0625. The third-order valence-electron chi connectivity index (χ3n) is 2.65. The molecule has 2 heterocycles. The Morgan fingerprint density at radius 1 is 1.27 bits per heavy atom. The molecule has 22 heavy (non-hydrogen) atoms. The molecule has 5 nitrogen and oxygen atoms in total. The summed E-state index contributed by atoms with van der Waals surface area (Å²) in [6.07, 6.45) is 6.66. The maximum absolute atomic E-state index is 12.3. The molecule has 0 aliphatic rings. The summed E-state index contributed by atoms with van der Waals surface area (Å²) in [6.45, 7) is 5.73. The fourth-order valence-corrected chi connectivity index (χ4v) is 1.84. The van der Waals surface area contributed by atoms with Crippen molar-refractivity contribution < 1.29 is 4.79 Å². The predicted molar refractivity (Wildman–Crippen MR) is 89.0 cm³/mol. The highest BCUT2D eigenvalue weighted by Crippen LogP contribution is 2.17. The average Bonchev–Trinajstić information content (AvgIpc) is 2.50. The van der Waals surface area contributed by atoms with Crippen LogP contribution < -0.4 is 10.6 Å². The first kappa shape index (κ1) is 15.7. The van der Waals surface area contributed by atoms with Gasteiger partial charge >= 0.3 is 0 Å². The maximum atomic E-state index is 12.3. The predicted octanol–water partition coefficient (Wildman–Crippen LogP) is 3.88. The average molecular weight is 315 g/mol. The Morgan fingerprint density at radius 2 is 2.09 bits per heavy atom. The van der Waals surface area contributed by atoms with Gasteiger partial charge in [-0.2, -0.15) is 0 Å². The summed E-state index contributed by atoms with van der Waals surface area (Å²) in [5, 5.41) is 6.21. The van der Waals surface area contributed by atoms with Gasteiger partial charge in [-0.1, -0.05) is 24.3 Å². The molecule has 0 fully saturated rings. The summed E-state index contributed by atoms with van der Waals surface area (Å²) < 4.78 is 0. The Hall–Kier alpha value is -2.66. The monoisotopic (exact) mass is 314 g/mol. The van der Waals surface area contributed by atoms with E-state index >= 15 is 0 Å². The topological polar surface area (TPSA) is 66.9 Å². The van der Waals surface area contributed by atoms with Gasteiger partial charge in [0.25, 0.3) is 5.91 Å². The van der Waals surface area contributed by atoms with Gasteiger partial charge in [0.1, 0.15) is 5.82 Å². The molecule has 0 radical (unpaired) electrons. The van der Waals surface area contributed by atoms with Crippen LogP contribution in [0, 0.1) is 0 Å². The number of pyridine rings is 2. The highest BCUT2D eigenvalue weighted by molar-refractivity contribution is 6.30. The number of rotatable bonds is 5. The zero-order valence-corrected chi connectivity index (χ0v) is 12.8. The van der Waals surface area contributed by atoms with Gasteiger partial charge in [-0.05, 0) is 37.3 Å². The summed E-state index contributed by atoms with van der Waals surface area (Å²) in [5.74, 6) is 0.0319. The van der Waals surface area contributed by atoms with E-state index in [1.54, 1.807) is 36.5 Å². The Labute approximate surface area is 133 Å². The van der Waals surface area contributed by atoms with Gasteiger partial charge in [0.05, 0.1) is 10.7 Å². The third-order valence-corrected chi connectivity index (χ3v) is 2.88. The summed E-state index contributed by atoms with van der Waals surface area (Å²) in [6, 6.07) is 6.76. The molecule has 0 spiro atoms. The van der Waals surface area contributed by atoms with E-state index < -0.39 is 0 Å². The maximum Gasteiger partial charge on any atom is 0.277 e. The van der Waals surface area contributed by atoms with Crippen molar-refractivity contribution in [2.24, 2.45) is 0 Å². The lowest BCUT2D eigenvalue weighted by Gasteiger charge is -2.11. The van der Waals surface area contributed by atoms with Crippen LogP contribution in [-0.2, 0) is 0 Å². The molecule has 0 bridgehead atoms. The largest absolute Gasteiger partial charge is 0.354 e. The molecule has 2 N–H and O–H groups in total. The fourth-order valence-electron chi connectivity index (χ4n) is 1.73. The molecule has 0 aromatic carbocycles. The molecule has 0 aliphatic heterocycles. The minimum atomic E-state index is -0.369. The first-order valence-corrected chi connectivity index (χ1v) is 6.94. The second kappa shape index (κ2) is 7.38. The number of carbonyl (C=O) groups is 1.